The number of amides is 2. The van der Waals surface area contributed by atoms with E-state index >= 15 is 0 Å². The molecular formula is C21H25N7O4S. The second-order valence-electron chi connectivity index (χ2n) is 7.88. The van der Waals surface area contributed by atoms with E-state index in [1.54, 1.807) is 11.4 Å². The zero-order chi connectivity index (χ0) is 22.8. The van der Waals surface area contributed by atoms with Crippen LogP contribution in [-0.4, -0.2) is 78.8 Å². The fourth-order valence-corrected chi connectivity index (χ4v) is 5.13. The van der Waals surface area contributed by atoms with E-state index in [0.29, 0.717) is 23.3 Å². The zero-order valence-corrected chi connectivity index (χ0v) is 19.0. The van der Waals surface area contributed by atoms with Crippen LogP contribution in [0, 0.1) is 0 Å². The number of nitrogens with zero attached hydrogens (tertiary/aromatic N) is 6. The van der Waals surface area contributed by atoms with Crippen molar-refractivity contribution in [3.05, 3.63) is 30.7 Å². The average molecular weight is 472 g/mol. The summed E-state index contributed by atoms with van der Waals surface area (Å²) in [6, 6.07) is 3.54. The van der Waals surface area contributed by atoms with Gasteiger partial charge < -0.3 is 9.47 Å². The molecule has 3 aromatic heterocycles. The molecule has 0 spiro atoms. The molecule has 0 saturated carbocycles. The van der Waals surface area contributed by atoms with Crippen molar-refractivity contribution >= 4 is 35.4 Å². The lowest BCUT2D eigenvalue weighted by Crippen LogP contribution is -2.44. The van der Waals surface area contributed by atoms with E-state index in [2.05, 4.69) is 20.5 Å². The molecule has 1 N–H and O–H groups in total. The van der Waals surface area contributed by atoms with Crippen molar-refractivity contribution in [3.8, 4) is 11.1 Å². The van der Waals surface area contributed by atoms with Gasteiger partial charge in [0.05, 0.1) is 24.7 Å². The molecule has 5 rings (SSSR count). The third kappa shape index (κ3) is 4.53. The molecule has 3 aromatic rings. The highest BCUT2D eigenvalue weighted by Crippen LogP contribution is 2.25. The van der Waals surface area contributed by atoms with Gasteiger partial charge >= 0.3 is 6.09 Å². The first-order chi connectivity index (χ1) is 16.1. The Bertz CT molecular complexity index is 1160. The maximum Gasteiger partial charge on any atom is 0.411 e. The second kappa shape index (κ2) is 9.40. The molecule has 33 heavy (non-hydrogen) atoms. The minimum atomic E-state index is -0.618. The first-order valence-electron chi connectivity index (χ1n) is 10.9. The number of anilines is 1. The molecule has 2 amide bonds. The summed E-state index contributed by atoms with van der Waals surface area (Å²) in [6.45, 7) is 3.52. The highest BCUT2D eigenvalue weighted by atomic mass is 32.2. The van der Waals surface area contributed by atoms with Crippen molar-refractivity contribution in [2.75, 3.05) is 36.8 Å². The summed E-state index contributed by atoms with van der Waals surface area (Å²) in [5.74, 6) is 0.775. The van der Waals surface area contributed by atoms with Crippen molar-refractivity contribution < 1.29 is 19.1 Å². The van der Waals surface area contributed by atoms with Crippen molar-refractivity contribution in [3.63, 3.8) is 0 Å². The summed E-state index contributed by atoms with van der Waals surface area (Å²) in [4.78, 5) is 30.7. The predicted octanol–water partition coefficient (Wildman–Crippen LogP) is 2.41. The van der Waals surface area contributed by atoms with Gasteiger partial charge in [-0.25, -0.2) is 9.31 Å². The minimum Gasteiger partial charge on any atom is -0.450 e. The van der Waals surface area contributed by atoms with E-state index < -0.39 is 12.1 Å². The predicted molar refractivity (Wildman–Crippen MR) is 122 cm³/mol. The van der Waals surface area contributed by atoms with Crippen molar-refractivity contribution in [1.82, 2.24) is 29.3 Å². The van der Waals surface area contributed by atoms with Crippen LogP contribution in [0.25, 0.3) is 16.8 Å². The number of carbonyl (C=O) groups is 2. The molecule has 5 heterocycles. The Kier molecular flexibility index (Phi) is 6.18. The fraction of sp³-hybridized carbons (Fsp3) is 0.476. The van der Waals surface area contributed by atoms with Crippen molar-refractivity contribution in [2.45, 2.75) is 31.8 Å². The number of carbonyl (C=O) groups excluding carboxylic acids is 2. The van der Waals surface area contributed by atoms with Crippen LogP contribution in [0.1, 0.15) is 25.8 Å². The number of aromatic nitrogens is 5. The van der Waals surface area contributed by atoms with Crippen LogP contribution in [0.5, 0.6) is 0 Å². The van der Waals surface area contributed by atoms with Crippen LogP contribution >= 0.6 is 11.8 Å². The van der Waals surface area contributed by atoms with Crippen LogP contribution in [0.2, 0.25) is 0 Å². The topological polar surface area (TPSA) is 116 Å². The van der Waals surface area contributed by atoms with Gasteiger partial charge in [-0.05, 0) is 31.9 Å². The van der Waals surface area contributed by atoms with Crippen molar-refractivity contribution in [2.24, 2.45) is 0 Å². The highest BCUT2D eigenvalue weighted by molar-refractivity contribution is 7.99. The molecule has 0 radical (unpaired) electrons. The van der Waals surface area contributed by atoms with Gasteiger partial charge in [0.2, 0.25) is 5.95 Å². The third-order valence-corrected chi connectivity index (χ3v) is 6.77. The smallest absolute Gasteiger partial charge is 0.411 e. The van der Waals surface area contributed by atoms with E-state index in [1.165, 1.54) is 16.7 Å². The lowest BCUT2D eigenvalue weighted by atomic mass is 10.1. The number of nitrogens with one attached hydrogen (secondary N) is 1. The molecule has 2 aliphatic rings. The second-order valence-corrected chi connectivity index (χ2v) is 8.88. The van der Waals surface area contributed by atoms with E-state index in [9.17, 15) is 9.59 Å². The Hall–Kier alpha value is -3.12. The molecule has 11 nitrogen and oxygen atoms in total. The number of ether oxygens (including phenoxy) is 2. The lowest BCUT2D eigenvalue weighted by Gasteiger charge is -2.22. The van der Waals surface area contributed by atoms with Crippen molar-refractivity contribution in [1.29, 1.82) is 0 Å². The standard InChI is InChI=1S/C21H25N7O4S/c1-2-32-21(30)26-13-33-12-17(26)19(29)24-20-23-18-4-3-14(10-28(18)25-20)15-9-22-27(11-15)16-5-7-31-8-6-16/h3-4,9-11,16-17H,2,5-8,12-13H2,1H3,(H,24,25,29)/t17-/m1/s1. The largest absolute Gasteiger partial charge is 0.450 e. The van der Waals surface area contributed by atoms with Gasteiger partial charge in [0.25, 0.3) is 5.91 Å². The molecule has 2 fully saturated rings. The van der Waals surface area contributed by atoms with E-state index in [1.807, 2.05) is 35.4 Å². The van der Waals surface area contributed by atoms with Gasteiger partial charge in [-0.1, -0.05) is 0 Å². The van der Waals surface area contributed by atoms with Gasteiger partial charge in [0.1, 0.15) is 6.04 Å². The normalized spacial score (nSPS) is 19.2. The molecule has 2 aliphatic heterocycles. The Balaban J connectivity index is 1.30. The third-order valence-electron chi connectivity index (χ3n) is 5.75. The maximum atomic E-state index is 12.8. The summed E-state index contributed by atoms with van der Waals surface area (Å²) >= 11 is 1.50. The quantitative estimate of drug-likeness (QED) is 0.603. The first-order valence-corrected chi connectivity index (χ1v) is 12.1. The number of fused-ring (bicyclic) bond motifs is 1. The summed E-state index contributed by atoms with van der Waals surface area (Å²) in [6.07, 6.45) is 7.17. The Morgan fingerprint density at radius 1 is 1.24 bits per heavy atom. The maximum absolute atomic E-state index is 12.8. The van der Waals surface area contributed by atoms with Gasteiger partial charge in [-0.2, -0.15) is 10.1 Å². The van der Waals surface area contributed by atoms with E-state index in [4.69, 9.17) is 9.47 Å². The molecule has 174 valence electrons. The van der Waals surface area contributed by atoms with Gasteiger partial charge in [0.15, 0.2) is 5.65 Å². The summed E-state index contributed by atoms with van der Waals surface area (Å²) in [5.41, 5.74) is 2.54. The molecular weight excluding hydrogens is 446 g/mol. The number of thioether (sulfide) groups is 1. The Morgan fingerprint density at radius 3 is 2.91 bits per heavy atom. The molecule has 12 heteroatoms. The molecule has 0 bridgehead atoms. The van der Waals surface area contributed by atoms with Crippen LogP contribution < -0.4 is 5.32 Å². The SMILES string of the molecule is CCOC(=O)N1CSC[C@@H]1C(=O)Nc1nc2ccc(-c3cnn(C4CCOCC4)c3)cn2n1. The average Bonchev–Trinajstić information content (AvgIpc) is 3.58. The summed E-state index contributed by atoms with van der Waals surface area (Å²) < 4.78 is 14.1. The molecule has 1 atom stereocenters. The van der Waals surface area contributed by atoms with E-state index in [0.717, 1.165) is 37.2 Å². The van der Waals surface area contributed by atoms with Crippen LogP contribution in [0.15, 0.2) is 30.7 Å². The summed E-state index contributed by atoms with van der Waals surface area (Å²) in [5, 5.41) is 11.7. The number of rotatable bonds is 5. The minimum absolute atomic E-state index is 0.191. The molecule has 0 aromatic carbocycles. The lowest BCUT2D eigenvalue weighted by molar-refractivity contribution is -0.119. The fourth-order valence-electron chi connectivity index (χ4n) is 3.98. The number of hydrogen-bond donors (Lipinski definition) is 1. The molecule has 0 unspecified atom stereocenters. The molecule has 2 saturated heterocycles. The highest BCUT2D eigenvalue weighted by Gasteiger charge is 2.36. The van der Waals surface area contributed by atoms with Crippen LogP contribution in [0.4, 0.5) is 10.7 Å². The summed E-state index contributed by atoms with van der Waals surface area (Å²) in [7, 11) is 0. The van der Waals surface area contributed by atoms with Gasteiger partial charge in [-0.15, -0.1) is 16.9 Å². The number of pyridine rings is 1. The Labute approximate surface area is 194 Å². The van der Waals surface area contributed by atoms with E-state index in [-0.39, 0.29) is 18.5 Å². The first kappa shape index (κ1) is 21.7. The molecule has 0 aliphatic carbocycles. The number of hydrogen-bond acceptors (Lipinski definition) is 8. The van der Waals surface area contributed by atoms with Gasteiger partial charge in [0, 0.05) is 42.5 Å². The zero-order valence-electron chi connectivity index (χ0n) is 18.2. The van der Waals surface area contributed by atoms with Crippen LogP contribution in [0.3, 0.4) is 0 Å². The van der Waals surface area contributed by atoms with Gasteiger partial charge in [-0.3, -0.25) is 19.7 Å². The van der Waals surface area contributed by atoms with Crippen LogP contribution in [-0.2, 0) is 14.3 Å². The monoisotopic (exact) mass is 471 g/mol. The Morgan fingerprint density at radius 2 is 2.09 bits per heavy atom.